The molecule has 1 aromatic carbocycles. The zero-order valence-corrected chi connectivity index (χ0v) is 20.5. The number of nitrogens with zero attached hydrogens (tertiary/aromatic N) is 2. The molecule has 0 aromatic heterocycles. The Balaban J connectivity index is 1.57. The zero-order chi connectivity index (χ0) is 23.5. The maximum atomic E-state index is 12.5. The van der Waals surface area contributed by atoms with E-state index < -0.39 is 11.2 Å². The van der Waals surface area contributed by atoms with Crippen molar-refractivity contribution in [2.45, 2.75) is 78.6 Å². The number of carbonyl (C=O) groups excluding carboxylic acids is 2. The lowest BCUT2D eigenvalue weighted by molar-refractivity contribution is 0.0170. The van der Waals surface area contributed by atoms with E-state index in [0.29, 0.717) is 25.6 Å². The number of likely N-dealkylation sites (tertiary alicyclic amines) is 1. The lowest BCUT2D eigenvalue weighted by atomic mass is 9.96. The number of benzene rings is 1. The molecule has 1 atom stereocenters. The Morgan fingerprint density at radius 1 is 1.00 bits per heavy atom. The summed E-state index contributed by atoms with van der Waals surface area (Å²) >= 11 is 0. The van der Waals surface area contributed by atoms with Crippen molar-refractivity contribution >= 4 is 17.9 Å². The van der Waals surface area contributed by atoms with Gasteiger partial charge in [-0.1, -0.05) is 12.1 Å². The second kappa shape index (κ2) is 9.59. The number of hydrogen-bond donors (Lipinski definition) is 1. The molecular weight excluding hydrogens is 406 g/mol. The lowest BCUT2D eigenvalue weighted by Crippen LogP contribution is -2.44. The molecule has 1 fully saturated rings. The molecule has 32 heavy (non-hydrogen) atoms. The summed E-state index contributed by atoms with van der Waals surface area (Å²) in [4.78, 5) is 28.5. The van der Waals surface area contributed by atoms with E-state index in [0.717, 1.165) is 43.6 Å². The molecule has 0 spiro atoms. The highest BCUT2D eigenvalue weighted by atomic mass is 16.6. The summed E-state index contributed by atoms with van der Waals surface area (Å²) in [5.74, 6) is 0.383. The van der Waals surface area contributed by atoms with Gasteiger partial charge < -0.3 is 24.6 Å². The molecule has 7 heteroatoms. The topological polar surface area (TPSA) is 71.1 Å². The number of nitrogens with one attached hydrogen (secondary N) is 1. The quantitative estimate of drug-likeness (QED) is 0.706. The molecule has 1 N–H and O–H groups in total. The van der Waals surface area contributed by atoms with Crippen molar-refractivity contribution in [1.29, 1.82) is 0 Å². The van der Waals surface area contributed by atoms with Crippen LogP contribution in [0.5, 0.6) is 0 Å². The Labute approximate surface area is 192 Å². The van der Waals surface area contributed by atoms with Crippen molar-refractivity contribution in [1.82, 2.24) is 9.80 Å². The van der Waals surface area contributed by atoms with Gasteiger partial charge in [0.05, 0.1) is 0 Å². The van der Waals surface area contributed by atoms with Crippen LogP contribution in [0.1, 0.15) is 65.5 Å². The molecule has 7 nitrogen and oxygen atoms in total. The van der Waals surface area contributed by atoms with E-state index in [9.17, 15) is 9.59 Å². The summed E-state index contributed by atoms with van der Waals surface area (Å²) in [7, 11) is 0. The molecule has 2 aliphatic rings. The van der Waals surface area contributed by atoms with Crippen LogP contribution in [0.2, 0.25) is 0 Å². The fraction of sp³-hybridized carbons (Fsp3) is 0.680. The van der Waals surface area contributed by atoms with Gasteiger partial charge in [-0.2, -0.15) is 0 Å². The molecule has 1 unspecified atom stereocenters. The summed E-state index contributed by atoms with van der Waals surface area (Å²) in [5, 5.41) is 3.62. The van der Waals surface area contributed by atoms with Crippen molar-refractivity contribution in [3.8, 4) is 0 Å². The van der Waals surface area contributed by atoms with Crippen molar-refractivity contribution in [3.05, 3.63) is 29.3 Å². The summed E-state index contributed by atoms with van der Waals surface area (Å²) in [6, 6.07) is 6.23. The normalized spacial score (nSPS) is 19.2. The van der Waals surface area contributed by atoms with Crippen LogP contribution in [0, 0.1) is 5.92 Å². The fourth-order valence-corrected chi connectivity index (χ4v) is 4.24. The van der Waals surface area contributed by atoms with Crippen LogP contribution in [-0.2, 0) is 22.4 Å². The van der Waals surface area contributed by atoms with E-state index in [1.165, 1.54) is 5.56 Å². The highest BCUT2D eigenvalue weighted by molar-refractivity contribution is 5.69. The minimum atomic E-state index is -0.492. The van der Waals surface area contributed by atoms with Gasteiger partial charge in [0.25, 0.3) is 0 Å². The molecule has 1 saturated heterocycles. The molecule has 2 heterocycles. The van der Waals surface area contributed by atoms with Crippen LogP contribution >= 0.6 is 0 Å². The van der Waals surface area contributed by atoms with Crippen LogP contribution in [0.4, 0.5) is 15.3 Å². The number of amides is 2. The van der Waals surface area contributed by atoms with Crippen molar-refractivity contribution in [3.63, 3.8) is 0 Å². The zero-order valence-electron chi connectivity index (χ0n) is 20.5. The highest BCUT2D eigenvalue weighted by Gasteiger charge is 2.29. The number of piperidine rings is 1. The van der Waals surface area contributed by atoms with Gasteiger partial charge in [-0.05, 0) is 83.9 Å². The SMILES string of the molecule is CC(C)(C)OC(=O)N1CCc2c(cccc2NCC2CCCN(C(=O)OC(C)(C)C)C2)C1. The summed E-state index contributed by atoms with van der Waals surface area (Å²) in [5.41, 5.74) is 2.59. The maximum absolute atomic E-state index is 12.5. The third kappa shape index (κ3) is 6.78. The number of fused-ring (bicyclic) bond motifs is 1. The first-order valence-electron chi connectivity index (χ1n) is 11.7. The minimum absolute atomic E-state index is 0.221. The first kappa shape index (κ1) is 24.2. The minimum Gasteiger partial charge on any atom is -0.444 e. The number of anilines is 1. The standard InChI is InChI=1S/C25H39N3O4/c1-24(2,3)31-22(29)27-13-8-9-18(16-27)15-26-21-11-7-10-19-17-28(14-12-20(19)21)23(30)32-25(4,5)6/h7,10-11,18,26H,8-9,12-17H2,1-6H3. The van der Waals surface area contributed by atoms with E-state index in [1.54, 1.807) is 4.90 Å². The molecule has 0 radical (unpaired) electrons. The summed E-state index contributed by atoms with van der Waals surface area (Å²) in [6.45, 7) is 14.9. The molecule has 0 bridgehead atoms. The van der Waals surface area contributed by atoms with Gasteiger partial charge >= 0.3 is 12.2 Å². The first-order valence-corrected chi connectivity index (χ1v) is 11.7. The molecule has 3 rings (SSSR count). The Bertz CT molecular complexity index is 825. The predicted octanol–water partition coefficient (Wildman–Crippen LogP) is 5.04. The van der Waals surface area contributed by atoms with Crippen molar-refractivity contribution in [2.24, 2.45) is 5.92 Å². The smallest absolute Gasteiger partial charge is 0.410 e. The Morgan fingerprint density at radius 3 is 2.31 bits per heavy atom. The van der Waals surface area contributed by atoms with Crippen LogP contribution in [0.25, 0.3) is 0 Å². The molecule has 0 saturated carbocycles. The average Bonchev–Trinajstić information content (AvgIpc) is 2.69. The molecule has 1 aromatic rings. The number of rotatable bonds is 3. The number of ether oxygens (including phenoxy) is 2. The van der Waals surface area contributed by atoms with Crippen LogP contribution in [0.15, 0.2) is 18.2 Å². The second-order valence-corrected chi connectivity index (χ2v) is 10.9. The number of carbonyl (C=O) groups is 2. The highest BCUT2D eigenvalue weighted by Crippen LogP contribution is 2.28. The number of hydrogen-bond acceptors (Lipinski definition) is 5. The fourth-order valence-electron chi connectivity index (χ4n) is 4.24. The van der Waals surface area contributed by atoms with Gasteiger partial charge in [0.1, 0.15) is 11.2 Å². The lowest BCUT2D eigenvalue weighted by Gasteiger charge is -2.35. The molecule has 178 valence electrons. The summed E-state index contributed by atoms with van der Waals surface area (Å²) in [6.07, 6.45) is 2.40. The van der Waals surface area contributed by atoms with Crippen LogP contribution < -0.4 is 5.32 Å². The Morgan fingerprint density at radius 2 is 1.66 bits per heavy atom. The predicted molar refractivity (Wildman–Crippen MR) is 126 cm³/mol. The van der Waals surface area contributed by atoms with Gasteiger partial charge in [0.15, 0.2) is 0 Å². The van der Waals surface area contributed by atoms with E-state index in [4.69, 9.17) is 9.47 Å². The van der Waals surface area contributed by atoms with E-state index >= 15 is 0 Å². The van der Waals surface area contributed by atoms with Gasteiger partial charge in [-0.3, -0.25) is 0 Å². The van der Waals surface area contributed by atoms with Gasteiger partial charge in [0, 0.05) is 38.4 Å². The molecule has 2 amide bonds. The maximum Gasteiger partial charge on any atom is 0.410 e. The van der Waals surface area contributed by atoms with Crippen LogP contribution in [0.3, 0.4) is 0 Å². The third-order valence-corrected chi connectivity index (χ3v) is 5.67. The summed E-state index contributed by atoms with van der Waals surface area (Å²) < 4.78 is 11.1. The van der Waals surface area contributed by atoms with E-state index in [2.05, 4.69) is 17.4 Å². The van der Waals surface area contributed by atoms with E-state index in [1.807, 2.05) is 52.5 Å². The first-order chi connectivity index (χ1) is 14.9. The van der Waals surface area contributed by atoms with Crippen molar-refractivity contribution < 1.29 is 19.1 Å². The average molecular weight is 446 g/mol. The van der Waals surface area contributed by atoms with Crippen LogP contribution in [-0.4, -0.2) is 59.4 Å². The molecule has 2 aliphatic heterocycles. The Kier molecular flexibility index (Phi) is 7.25. The molecular formula is C25H39N3O4. The van der Waals surface area contributed by atoms with Gasteiger partial charge in [-0.15, -0.1) is 0 Å². The third-order valence-electron chi connectivity index (χ3n) is 5.67. The monoisotopic (exact) mass is 445 g/mol. The van der Waals surface area contributed by atoms with Gasteiger partial charge in [0.2, 0.25) is 0 Å². The second-order valence-electron chi connectivity index (χ2n) is 10.9. The van der Waals surface area contributed by atoms with Gasteiger partial charge in [-0.25, -0.2) is 9.59 Å². The van der Waals surface area contributed by atoms with Crippen molar-refractivity contribution in [2.75, 3.05) is 31.5 Å². The molecule has 0 aliphatic carbocycles. The Hall–Kier alpha value is -2.44. The largest absolute Gasteiger partial charge is 0.444 e. The van der Waals surface area contributed by atoms with E-state index in [-0.39, 0.29) is 12.2 Å².